The Morgan fingerprint density at radius 3 is 2.79 bits per heavy atom. The average molecular weight is 351 g/mol. The normalized spacial score (nSPS) is 18.4. The van der Waals surface area contributed by atoms with Crippen molar-refractivity contribution in [1.82, 2.24) is 9.13 Å². The molecule has 1 unspecified atom stereocenters. The van der Waals surface area contributed by atoms with Gasteiger partial charge in [-0.05, 0) is 39.2 Å². The first-order chi connectivity index (χ1) is 11.5. The number of oxime groups is 1. The number of aromatic nitrogens is 2. The largest absolute Gasteiger partial charge is 0.411 e. The highest BCUT2D eigenvalue weighted by molar-refractivity contribution is 7.20. The van der Waals surface area contributed by atoms with E-state index in [4.69, 9.17) is 9.94 Å². The van der Waals surface area contributed by atoms with E-state index in [0.717, 1.165) is 18.4 Å². The Morgan fingerprint density at radius 2 is 2.21 bits per heavy atom. The number of rotatable bonds is 4. The van der Waals surface area contributed by atoms with Gasteiger partial charge < -0.3 is 9.94 Å². The van der Waals surface area contributed by atoms with Gasteiger partial charge in [0.05, 0.1) is 29.1 Å². The van der Waals surface area contributed by atoms with Crippen LogP contribution in [0.1, 0.15) is 43.2 Å². The second-order valence-corrected chi connectivity index (χ2v) is 7.34. The van der Waals surface area contributed by atoms with Crippen LogP contribution in [0.3, 0.4) is 0 Å². The smallest absolute Gasteiger partial charge is 0.332 e. The molecule has 3 rings (SSSR count). The Bertz CT molecular complexity index is 901. The van der Waals surface area contributed by atoms with E-state index in [-0.39, 0.29) is 23.4 Å². The van der Waals surface area contributed by atoms with Gasteiger partial charge in [-0.1, -0.05) is 5.16 Å². The standard InChI is InChI=1S/C16H21N3O4S/c1-9(2)19-14(20)13-10(3)12(7-17-22)24-15(13)18(16(19)21)8-11-5-4-6-23-11/h7,9,11,22H,4-6,8H2,1-3H3. The van der Waals surface area contributed by atoms with Gasteiger partial charge in [0.1, 0.15) is 4.83 Å². The molecule has 0 radical (unpaired) electrons. The number of fused-ring (bicyclic) bond motifs is 1. The van der Waals surface area contributed by atoms with Gasteiger partial charge >= 0.3 is 5.69 Å². The molecule has 2 aromatic rings. The fourth-order valence-electron chi connectivity index (χ4n) is 3.17. The summed E-state index contributed by atoms with van der Waals surface area (Å²) in [6, 6.07) is -0.237. The van der Waals surface area contributed by atoms with Crippen molar-refractivity contribution in [2.45, 2.75) is 52.3 Å². The Labute approximate surface area is 142 Å². The molecule has 1 fully saturated rings. The molecule has 7 nitrogen and oxygen atoms in total. The zero-order valence-electron chi connectivity index (χ0n) is 14.0. The first kappa shape index (κ1) is 16.9. The van der Waals surface area contributed by atoms with E-state index in [1.165, 1.54) is 22.1 Å². The maximum atomic E-state index is 12.9. The van der Waals surface area contributed by atoms with Crippen LogP contribution in [0.25, 0.3) is 10.2 Å². The number of nitrogens with zero attached hydrogens (tertiary/aromatic N) is 3. The van der Waals surface area contributed by atoms with Crippen LogP contribution in [0, 0.1) is 6.92 Å². The highest BCUT2D eigenvalue weighted by Gasteiger charge is 2.24. The molecule has 0 aromatic carbocycles. The van der Waals surface area contributed by atoms with Gasteiger partial charge in [0, 0.05) is 12.6 Å². The summed E-state index contributed by atoms with van der Waals surface area (Å²) in [6.45, 7) is 6.59. The molecule has 0 bridgehead atoms. The van der Waals surface area contributed by atoms with Gasteiger partial charge in [-0.3, -0.25) is 13.9 Å². The molecule has 1 N–H and O–H groups in total. The van der Waals surface area contributed by atoms with Gasteiger partial charge in [0.2, 0.25) is 0 Å². The van der Waals surface area contributed by atoms with Crippen LogP contribution >= 0.6 is 11.3 Å². The van der Waals surface area contributed by atoms with Crippen molar-refractivity contribution < 1.29 is 9.94 Å². The summed E-state index contributed by atoms with van der Waals surface area (Å²) in [5, 5.41) is 12.4. The zero-order valence-corrected chi connectivity index (χ0v) is 14.8. The molecular weight excluding hydrogens is 330 g/mol. The van der Waals surface area contributed by atoms with E-state index in [2.05, 4.69) is 5.16 Å². The number of hydrogen-bond donors (Lipinski definition) is 1. The number of hydrogen-bond acceptors (Lipinski definition) is 6. The van der Waals surface area contributed by atoms with Gasteiger partial charge in [0.25, 0.3) is 5.56 Å². The molecule has 1 aliphatic rings. The summed E-state index contributed by atoms with van der Waals surface area (Å²) in [5.41, 5.74) is 0.125. The van der Waals surface area contributed by atoms with Crippen molar-refractivity contribution in [3.8, 4) is 0 Å². The van der Waals surface area contributed by atoms with E-state index >= 15 is 0 Å². The first-order valence-corrected chi connectivity index (χ1v) is 8.84. The monoisotopic (exact) mass is 351 g/mol. The second-order valence-electron chi connectivity index (χ2n) is 6.31. The molecule has 0 aliphatic carbocycles. The van der Waals surface area contributed by atoms with Gasteiger partial charge in [-0.2, -0.15) is 0 Å². The van der Waals surface area contributed by atoms with Crippen molar-refractivity contribution in [1.29, 1.82) is 0 Å². The van der Waals surface area contributed by atoms with Gasteiger partial charge in [-0.15, -0.1) is 11.3 Å². The molecule has 1 atom stereocenters. The van der Waals surface area contributed by atoms with Crippen LogP contribution in [0.4, 0.5) is 0 Å². The summed E-state index contributed by atoms with van der Waals surface area (Å²) in [4.78, 5) is 27.0. The number of ether oxygens (including phenoxy) is 1. The van der Waals surface area contributed by atoms with Crippen molar-refractivity contribution in [3.63, 3.8) is 0 Å². The lowest BCUT2D eigenvalue weighted by molar-refractivity contribution is 0.0965. The Hall–Kier alpha value is -1.93. The minimum atomic E-state index is -0.313. The molecule has 0 spiro atoms. The quantitative estimate of drug-likeness (QED) is 0.519. The molecule has 0 saturated carbocycles. The number of aryl methyl sites for hydroxylation is 1. The van der Waals surface area contributed by atoms with Gasteiger partial charge in [-0.25, -0.2) is 4.79 Å². The fourth-order valence-corrected chi connectivity index (χ4v) is 4.33. The highest BCUT2D eigenvalue weighted by Crippen LogP contribution is 2.27. The minimum absolute atomic E-state index is 0.0126. The summed E-state index contributed by atoms with van der Waals surface area (Å²) < 4.78 is 8.59. The van der Waals surface area contributed by atoms with Crippen LogP contribution in [-0.2, 0) is 11.3 Å². The first-order valence-electron chi connectivity index (χ1n) is 8.03. The summed E-state index contributed by atoms with van der Waals surface area (Å²) in [5.74, 6) is 0. The van der Waals surface area contributed by atoms with Crippen molar-refractivity contribution in [3.05, 3.63) is 31.3 Å². The lowest BCUT2D eigenvalue weighted by atomic mass is 10.2. The van der Waals surface area contributed by atoms with E-state index in [9.17, 15) is 9.59 Å². The van der Waals surface area contributed by atoms with E-state index < -0.39 is 0 Å². The summed E-state index contributed by atoms with van der Waals surface area (Å²) in [7, 11) is 0. The van der Waals surface area contributed by atoms with Crippen LogP contribution < -0.4 is 11.2 Å². The maximum absolute atomic E-state index is 12.9. The molecule has 1 aliphatic heterocycles. The third-order valence-corrected chi connectivity index (χ3v) is 5.63. The van der Waals surface area contributed by atoms with E-state index in [1.54, 1.807) is 4.57 Å². The van der Waals surface area contributed by atoms with Crippen LogP contribution in [0.2, 0.25) is 0 Å². The summed E-state index contributed by atoms with van der Waals surface area (Å²) in [6.07, 6.45) is 3.18. The lowest BCUT2D eigenvalue weighted by Gasteiger charge is -2.17. The van der Waals surface area contributed by atoms with Crippen LogP contribution in [0.5, 0.6) is 0 Å². The topological polar surface area (TPSA) is 85.8 Å². The Morgan fingerprint density at radius 1 is 1.46 bits per heavy atom. The Balaban J connectivity index is 2.32. The van der Waals surface area contributed by atoms with Gasteiger partial charge in [0.15, 0.2) is 0 Å². The third kappa shape index (κ3) is 2.69. The van der Waals surface area contributed by atoms with E-state index in [1.807, 2.05) is 20.8 Å². The molecule has 1 saturated heterocycles. The van der Waals surface area contributed by atoms with E-state index in [0.29, 0.717) is 28.2 Å². The van der Waals surface area contributed by atoms with Crippen LogP contribution in [0.15, 0.2) is 14.7 Å². The fraction of sp³-hybridized carbons (Fsp3) is 0.562. The third-order valence-electron chi connectivity index (χ3n) is 4.38. The SMILES string of the molecule is Cc1c(C=NO)sc2c1c(=O)n(C(C)C)c(=O)n2CC1CCCO1. The second kappa shape index (κ2) is 6.52. The van der Waals surface area contributed by atoms with Crippen LogP contribution in [-0.4, -0.2) is 33.3 Å². The molecule has 0 amide bonds. The number of thiophene rings is 1. The van der Waals surface area contributed by atoms with Crippen molar-refractivity contribution >= 4 is 27.8 Å². The minimum Gasteiger partial charge on any atom is -0.411 e. The molecular formula is C16H21N3O4S. The highest BCUT2D eigenvalue weighted by atomic mass is 32.1. The molecule has 2 aromatic heterocycles. The summed E-state index contributed by atoms with van der Waals surface area (Å²) >= 11 is 1.29. The molecule has 130 valence electrons. The molecule has 8 heteroatoms. The molecule has 3 heterocycles. The van der Waals surface area contributed by atoms with Crippen molar-refractivity contribution in [2.75, 3.05) is 6.61 Å². The zero-order chi connectivity index (χ0) is 17.4. The average Bonchev–Trinajstić information content (AvgIpc) is 3.13. The Kier molecular flexibility index (Phi) is 4.60. The predicted octanol–water partition coefficient (Wildman–Crippen LogP) is 2.10. The maximum Gasteiger partial charge on any atom is 0.332 e. The molecule has 24 heavy (non-hydrogen) atoms. The van der Waals surface area contributed by atoms with Crippen molar-refractivity contribution in [2.24, 2.45) is 5.16 Å². The predicted molar refractivity (Wildman–Crippen MR) is 93.8 cm³/mol. The lowest BCUT2D eigenvalue weighted by Crippen LogP contribution is -2.42.